The van der Waals surface area contributed by atoms with Gasteiger partial charge in [-0.3, -0.25) is 14.5 Å². The molecule has 6 heteroatoms. The molecule has 1 aliphatic rings. The van der Waals surface area contributed by atoms with Gasteiger partial charge in [-0.1, -0.05) is 6.92 Å². The molecule has 2 amide bonds. The maximum atomic E-state index is 12.5. The number of carbonyl (C=O) groups excluding carboxylic acids is 2. The summed E-state index contributed by atoms with van der Waals surface area (Å²) in [5.74, 6) is 0.737. The second-order valence-electron chi connectivity index (χ2n) is 4.77. The van der Waals surface area contributed by atoms with Crippen LogP contribution >= 0.6 is 11.3 Å². The molecule has 5 nitrogen and oxygen atoms in total. The van der Waals surface area contributed by atoms with Gasteiger partial charge in [-0.2, -0.15) is 0 Å². The second-order valence-corrected chi connectivity index (χ2v) is 5.82. The van der Waals surface area contributed by atoms with Gasteiger partial charge in [-0.05, 0) is 12.5 Å². The molecule has 0 saturated carbocycles. The van der Waals surface area contributed by atoms with E-state index in [4.69, 9.17) is 9.47 Å². The molecule has 110 valence electrons. The lowest BCUT2D eigenvalue weighted by Crippen LogP contribution is -2.30. The smallest absolute Gasteiger partial charge is 0.271 e. The number of fused-ring (bicyclic) bond motifs is 3. The van der Waals surface area contributed by atoms with Crippen molar-refractivity contribution in [3.63, 3.8) is 0 Å². The molecule has 0 bridgehead atoms. The summed E-state index contributed by atoms with van der Waals surface area (Å²) in [5, 5.41) is 0.754. The highest BCUT2D eigenvalue weighted by Crippen LogP contribution is 2.42. The Kier molecular flexibility index (Phi) is 3.33. The molecule has 3 rings (SSSR count). The Morgan fingerprint density at radius 2 is 1.76 bits per heavy atom. The van der Waals surface area contributed by atoms with Crippen molar-refractivity contribution in [3.8, 4) is 11.5 Å². The topological polar surface area (TPSA) is 55.8 Å². The fourth-order valence-corrected chi connectivity index (χ4v) is 3.72. The van der Waals surface area contributed by atoms with Crippen molar-refractivity contribution in [2.45, 2.75) is 13.3 Å². The SMILES string of the molecule is CCCN1C(=O)c2sc3cc(OC)c(OC)cc3c2C1=O. The summed E-state index contributed by atoms with van der Waals surface area (Å²) >= 11 is 1.33. The standard InChI is InChI=1S/C15H15NO4S/c1-4-5-16-14(17)12-8-6-9(19-2)10(20-3)7-11(8)21-13(12)15(16)18/h6-7H,4-5H2,1-3H3. The van der Waals surface area contributed by atoms with E-state index < -0.39 is 0 Å². The number of rotatable bonds is 4. The molecule has 0 atom stereocenters. The van der Waals surface area contributed by atoms with Crippen LogP contribution in [0.2, 0.25) is 0 Å². The minimum atomic E-state index is -0.213. The van der Waals surface area contributed by atoms with Crippen molar-refractivity contribution in [3.05, 3.63) is 22.6 Å². The lowest BCUT2D eigenvalue weighted by Gasteiger charge is -2.12. The fraction of sp³-hybridized carbons (Fsp3) is 0.333. The zero-order valence-corrected chi connectivity index (χ0v) is 12.9. The zero-order valence-electron chi connectivity index (χ0n) is 12.1. The molecule has 21 heavy (non-hydrogen) atoms. The van der Waals surface area contributed by atoms with Gasteiger partial charge >= 0.3 is 0 Å². The number of nitrogens with zero attached hydrogens (tertiary/aromatic N) is 1. The molecule has 0 unspecified atom stereocenters. The van der Waals surface area contributed by atoms with Gasteiger partial charge in [0.15, 0.2) is 11.5 Å². The fourth-order valence-electron chi connectivity index (χ4n) is 2.56. The van der Waals surface area contributed by atoms with Crippen LogP contribution in [-0.2, 0) is 0 Å². The minimum Gasteiger partial charge on any atom is -0.493 e. The van der Waals surface area contributed by atoms with E-state index in [2.05, 4.69) is 0 Å². The third-order valence-corrected chi connectivity index (χ3v) is 4.68. The molecule has 0 saturated heterocycles. The summed E-state index contributed by atoms with van der Waals surface area (Å²) in [7, 11) is 3.11. The van der Waals surface area contributed by atoms with Gasteiger partial charge in [0.1, 0.15) is 4.88 Å². The monoisotopic (exact) mass is 305 g/mol. The van der Waals surface area contributed by atoms with Crippen LogP contribution in [0.25, 0.3) is 10.1 Å². The van der Waals surface area contributed by atoms with Gasteiger partial charge in [0.05, 0.1) is 19.8 Å². The molecule has 1 aromatic heterocycles. The number of methoxy groups -OCH3 is 2. The summed E-state index contributed by atoms with van der Waals surface area (Å²) in [6, 6.07) is 3.58. The highest BCUT2D eigenvalue weighted by atomic mass is 32.1. The third-order valence-electron chi connectivity index (χ3n) is 3.54. The van der Waals surface area contributed by atoms with Crippen LogP contribution in [0.5, 0.6) is 11.5 Å². The number of hydrogen-bond donors (Lipinski definition) is 0. The van der Waals surface area contributed by atoms with E-state index in [0.717, 1.165) is 16.5 Å². The average molecular weight is 305 g/mol. The predicted molar refractivity (Wildman–Crippen MR) is 80.6 cm³/mol. The summed E-state index contributed by atoms with van der Waals surface area (Å²) < 4.78 is 11.4. The average Bonchev–Trinajstić information content (AvgIpc) is 2.97. The highest BCUT2D eigenvalue weighted by molar-refractivity contribution is 7.21. The van der Waals surface area contributed by atoms with Gasteiger partial charge in [0.25, 0.3) is 11.8 Å². The number of imide groups is 1. The van der Waals surface area contributed by atoms with Crippen LogP contribution in [0.1, 0.15) is 33.4 Å². The van der Waals surface area contributed by atoms with Crippen LogP contribution in [0.4, 0.5) is 0 Å². The van der Waals surface area contributed by atoms with Gasteiger partial charge < -0.3 is 9.47 Å². The number of ether oxygens (including phenoxy) is 2. The zero-order chi connectivity index (χ0) is 15.1. The molecule has 1 aliphatic heterocycles. The van der Waals surface area contributed by atoms with Crippen molar-refractivity contribution in [1.29, 1.82) is 0 Å². The molecule has 2 aromatic rings. The van der Waals surface area contributed by atoms with Gasteiger partial charge in [0, 0.05) is 22.7 Å². The molecule has 0 spiro atoms. The van der Waals surface area contributed by atoms with E-state index >= 15 is 0 Å². The number of thiophene rings is 1. The molecule has 2 heterocycles. The molecule has 0 fully saturated rings. The van der Waals surface area contributed by atoms with E-state index in [1.165, 1.54) is 16.2 Å². The van der Waals surface area contributed by atoms with Crippen molar-refractivity contribution >= 4 is 33.2 Å². The Balaban J connectivity index is 2.21. The maximum Gasteiger partial charge on any atom is 0.271 e. The molecule has 0 radical (unpaired) electrons. The minimum absolute atomic E-state index is 0.198. The Hall–Kier alpha value is -2.08. The summed E-state index contributed by atoms with van der Waals surface area (Å²) in [6.45, 7) is 2.40. The summed E-state index contributed by atoms with van der Waals surface area (Å²) in [4.78, 5) is 26.6. The quantitative estimate of drug-likeness (QED) is 0.815. The Labute approximate surface area is 126 Å². The first kappa shape index (κ1) is 13.9. The van der Waals surface area contributed by atoms with Gasteiger partial charge in [0.2, 0.25) is 0 Å². The molecule has 0 aliphatic carbocycles. The molecule has 1 aromatic carbocycles. The normalized spacial score (nSPS) is 14.0. The highest BCUT2D eigenvalue weighted by Gasteiger charge is 2.38. The first-order valence-corrected chi connectivity index (χ1v) is 7.48. The van der Waals surface area contributed by atoms with Crippen LogP contribution < -0.4 is 9.47 Å². The first-order valence-electron chi connectivity index (χ1n) is 6.67. The third kappa shape index (κ3) is 1.90. The van der Waals surface area contributed by atoms with Crippen LogP contribution in [0.3, 0.4) is 0 Å². The second kappa shape index (κ2) is 5.04. The van der Waals surface area contributed by atoms with E-state index in [9.17, 15) is 9.59 Å². The summed E-state index contributed by atoms with van der Waals surface area (Å²) in [6.07, 6.45) is 0.751. The van der Waals surface area contributed by atoms with E-state index in [1.54, 1.807) is 20.3 Å². The molecular weight excluding hydrogens is 290 g/mol. The van der Waals surface area contributed by atoms with Crippen molar-refractivity contribution in [2.75, 3.05) is 20.8 Å². The Morgan fingerprint density at radius 1 is 1.10 bits per heavy atom. The van der Waals surface area contributed by atoms with E-state index in [-0.39, 0.29) is 11.8 Å². The first-order chi connectivity index (χ1) is 10.1. The van der Waals surface area contributed by atoms with E-state index in [0.29, 0.717) is 28.5 Å². The number of hydrogen-bond acceptors (Lipinski definition) is 5. The largest absolute Gasteiger partial charge is 0.493 e. The van der Waals surface area contributed by atoms with Gasteiger partial charge in [-0.15, -0.1) is 11.3 Å². The van der Waals surface area contributed by atoms with Gasteiger partial charge in [-0.25, -0.2) is 0 Å². The molecule has 0 N–H and O–H groups in total. The lowest BCUT2D eigenvalue weighted by molar-refractivity contribution is 0.0656. The Bertz CT molecular complexity index is 750. The Morgan fingerprint density at radius 3 is 2.38 bits per heavy atom. The predicted octanol–water partition coefficient (Wildman–Crippen LogP) is 2.92. The molecular formula is C15H15NO4S. The lowest BCUT2D eigenvalue weighted by atomic mass is 10.1. The van der Waals surface area contributed by atoms with E-state index in [1.807, 2.05) is 13.0 Å². The van der Waals surface area contributed by atoms with Crippen LogP contribution in [-0.4, -0.2) is 37.5 Å². The van der Waals surface area contributed by atoms with Crippen molar-refractivity contribution in [1.82, 2.24) is 4.90 Å². The van der Waals surface area contributed by atoms with Crippen molar-refractivity contribution in [2.24, 2.45) is 0 Å². The van der Waals surface area contributed by atoms with Crippen LogP contribution in [0.15, 0.2) is 12.1 Å². The summed E-state index contributed by atoms with van der Waals surface area (Å²) in [5.41, 5.74) is 0.495. The number of amides is 2. The number of benzene rings is 1. The number of carbonyl (C=O) groups is 2. The van der Waals surface area contributed by atoms with Crippen molar-refractivity contribution < 1.29 is 19.1 Å². The maximum absolute atomic E-state index is 12.5. The van der Waals surface area contributed by atoms with Crippen LogP contribution in [0, 0.1) is 0 Å².